The standard InChI is InChI=1S/C10H12FNO2.ClH/c11-9-3-1-8(2-4-9)7-12-6-5-10(13)14;/h1-4,12H,5-7H2,(H,13,14);1H. The number of carboxylic acids is 1. The van der Waals surface area contributed by atoms with Crippen LogP contribution in [0.25, 0.3) is 0 Å². The summed E-state index contributed by atoms with van der Waals surface area (Å²) in [7, 11) is 0. The summed E-state index contributed by atoms with van der Waals surface area (Å²) in [5.74, 6) is -1.09. The Balaban J connectivity index is 0.00000196. The molecule has 84 valence electrons. The van der Waals surface area contributed by atoms with E-state index in [1.165, 1.54) is 12.1 Å². The maximum absolute atomic E-state index is 12.5. The third-order valence-corrected chi connectivity index (χ3v) is 1.76. The Hall–Kier alpha value is -1.13. The lowest BCUT2D eigenvalue weighted by atomic mass is 10.2. The molecule has 0 aliphatic rings. The lowest BCUT2D eigenvalue weighted by Gasteiger charge is -2.02. The van der Waals surface area contributed by atoms with Crippen molar-refractivity contribution in [1.29, 1.82) is 0 Å². The van der Waals surface area contributed by atoms with Crippen molar-refractivity contribution in [3.63, 3.8) is 0 Å². The second-order valence-electron chi connectivity index (χ2n) is 2.95. The molecular weight excluding hydrogens is 221 g/mol. The Morgan fingerprint density at radius 2 is 1.93 bits per heavy atom. The molecule has 0 amide bonds. The Kier molecular flexibility index (Phi) is 6.66. The van der Waals surface area contributed by atoms with Crippen molar-refractivity contribution in [2.75, 3.05) is 6.54 Å². The molecule has 0 radical (unpaired) electrons. The van der Waals surface area contributed by atoms with Crippen LogP contribution in [-0.4, -0.2) is 17.6 Å². The van der Waals surface area contributed by atoms with Crippen molar-refractivity contribution in [2.45, 2.75) is 13.0 Å². The number of halogens is 2. The molecule has 0 aromatic heterocycles. The first-order chi connectivity index (χ1) is 6.68. The highest BCUT2D eigenvalue weighted by Gasteiger charge is 1.96. The largest absolute Gasteiger partial charge is 0.481 e. The maximum Gasteiger partial charge on any atom is 0.304 e. The number of rotatable bonds is 5. The summed E-state index contributed by atoms with van der Waals surface area (Å²) in [6.07, 6.45) is 0.0984. The third-order valence-electron chi connectivity index (χ3n) is 1.76. The van der Waals surface area contributed by atoms with Crippen molar-refractivity contribution in [3.05, 3.63) is 35.6 Å². The normalized spacial score (nSPS) is 9.40. The fraction of sp³-hybridized carbons (Fsp3) is 0.300. The zero-order valence-corrected chi connectivity index (χ0v) is 8.89. The van der Waals surface area contributed by atoms with Gasteiger partial charge in [0.2, 0.25) is 0 Å². The summed E-state index contributed by atoms with van der Waals surface area (Å²) < 4.78 is 12.5. The Labute approximate surface area is 93.7 Å². The van der Waals surface area contributed by atoms with E-state index in [-0.39, 0.29) is 24.6 Å². The molecule has 0 fully saturated rings. The van der Waals surface area contributed by atoms with Gasteiger partial charge in [-0.2, -0.15) is 0 Å². The number of hydrogen-bond acceptors (Lipinski definition) is 2. The Morgan fingerprint density at radius 1 is 1.33 bits per heavy atom. The smallest absolute Gasteiger partial charge is 0.304 e. The van der Waals surface area contributed by atoms with Gasteiger partial charge in [0.25, 0.3) is 0 Å². The molecule has 3 nitrogen and oxygen atoms in total. The van der Waals surface area contributed by atoms with Crippen molar-refractivity contribution in [3.8, 4) is 0 Å². The highest BCUT2D eigenvalue weighted by molar-refractivity contribution is 5.85. The predicted octanol–water partition coefficient (Wildman–Crippen LogP) is 1.81. The van der Waals surface area contributed by atoms with Crippen molar-refractivity contribution < 1.29 is 14.3 Å². The minimum Gasteiger partial charge on any atom is -0.481 e. The molecule has 0 unspecified atom stereocenters. The summed E-state index contributed by atoms with van der Waals surface area (Å²) in [6.45, 7) is 0.986. The average molecular weight is 234 g/mol. The van der Waals surface area contributed by atoms with E-state index < -0.39 is 5.97 Å². The van der Waals surface area contributed by atoms with Crippen LogP contribution in [-0.2, 0) is 11.3 Å². The summed E-state index contributed by atoms with van der Waals surface area (Å²) in [5, 5.41) is 11.3. The molecule has 0 aliphatic carbocycles. The SMILES string of the molecule is Cl.O=C(O)CCNCc1ccc(F)cc1. The van der Waals surface area contributed by atoms with Crippen molar-refractivity contribution in [1.82, 2.24) is 5.32 Å². The maximum atomic E-state index is 12.5. The fourth-order valence-electron chi connectivity index (χ4n) is 1.03. The van der Waals surface area contributed by atoms with Crippen LogP contribution in [0.1, 0.15) is 12.0 Å². The van der Waals surface area contributed by atoms with Gasteiger partial charge in [0, 0.05) is 13.1 Å². The minimum atomic E-state index is -0.823. The molecule has 0 bridgehead atoms. The van der Waals surface area contributed by atoms with Crippen molar-refractivity contribution >= 4 is 18.4 Å². The predicted molar refractivity (Wildman–Crippen MR) is 57.6 cm³/mol. The van der Waals surface area contributed by atoms with Gasteiger partial charge in [-0.3, -0.25) is 4.79 Å². The van der Waals surface area contributed by atoms with E-state index >= 15 is 0 Å². The van der Waals surface area contributed by atoms with Crippen LogP contribution in [0.15, 0.2) is 24.3 Å². The molecule has 1 rings (SSSR count). The van der Waals surface area contributed by atoms with Crippen LogP contribution < -0.4 is 5.32 Å². The van der Waals surface area contributed by atoms with Crippen LogP contribution in [0.3, 0.4) is 0 Å². The molecule has 1 aromatic rings. The monoisotopic (exact) mass is 233 g/mol. The molecule has 5 heteroatoms. The van der Waals surface area contributed by atoms with Gasteiger partial charge in [0.15, 0.2) is 0 Å². The number of carbonyl (C=O) groups is 1. The van der Waals surface area contributed by atoms with Gasteiger partial charge in [-0.1, -0.05) is 12.1 Å². The van der Waals surface area contributed by atoms with Crippen molar-refractivity contribution in [2.24, 2.45) is 0 Å². The fourth-order valence-corrected chi connectivity index (χ4v) is 1.03. The number of aliphatic carboxylic acids is 1. The van der Waals surface area contributed by atoms with E-state index in [9.17, 15) is 9.18 Å². The molecular formula is C10H13ClFNO2. The van der Waals surface area contributed by atoms with Gasteiger partial charge in [-0.25, -0.2) is 4.39 Å². The molecule has 0 spiro atoms. The van der Waals surface area contributed by atoms with Crippen LogP contribution in [0.4, 0.5) is 4.39 Å². The van der Waals surface area contributed by atoms with Gasteiger partial charge in [0.1, 0.15) is 5.82 Å². The first kappa shape index (κ1) is 13.9. The number of hydrogen-bond donors (Lipinski definition) is 2. The summed E-state index contributed by atoms with van der Waals surface area (Å²) in [5.41, 5.74) is 0.941. The van der Waals surface area contributed by atoms with E-state index in [2.05, 4.69) is 5.32 Å². The molecule has 0 saturated heterocycles. The topological polar surface area (TPSA) is 49.3 Å². The lowest BCUT2D eigenvalue weighted by Crippen LogP contribution is -2.17. The van der Waals surface area contributed by atoms with Gasteiger partial charge < -0.3 is 10.4 Å². The first-order valence-electron chi connectivity index (χ1n) is 4.35. The van der Waals surface area contributed by atoms with E-state index in [0.717, 1.165) is 5.56 Å². The molecule has 2 N–H and O–H groups in total. The number of carboxylic acid groups (broad SMARTS) is 1. The second kappa shape index (κ2) is 7.20. The van der Waals surface area contributed by atoms with E-state index in [0.29, 0.717) is 13.1 Å². The molecule has 0 saturated carbocycles. The average Bonchev–Trinajstić information content (AvgIpc) is 2.15. The van der Waals surface area contributed by atoms with Crippen LogP contribution in [0.5, 0.6) is 0 Å². The van der Waals surface area contributed by atoms with Gasteiger partial charge in [-0.15, -0.1) is 12.4 Å². The van der Waals surface area contributed by atoms with Gasteiger partial charge in [-0.05, 0) is 17.7 Å². The summed E-state index contributed by atoms with van der Waals surface area (Å²) in [6, 6.07) is 6.11. The first-order valence-corrected chi connectivity index (χ1v) is 4.35. The van der Waals surface area contributed by atoms with Crippen LogP contribution >= 0.6 is 12.4 Å². The van der Waals surface area contributed by atoms with E-state index in [1.807, 2.05) is 0 Å². The zero-order chi connectivity index (χ0) is 10.4. The number of benzene rings is 1. The second-order valence-corrected chi connectivity index (χ2v) is 2.95. The summed E-state index contributed by atoms with van der Waals surface area (Å²) in [4.78, 5) is 10.2. The minimum absolute atomic E-state index is 0. The van der Waals surface area contributed by atoms with Crippen LogP contribution in [0, 0.1) is 5.82 Å². The van der Waals surface area contributed by atoms with E-state index in [4.69, 9.17) is 5.11 Å². The highest BCUT2D eigenvalue weighted by atomic mass is 35.5. The van der Waals surface area contributed by atoms with E-state index in [1.54, 1.807) is 12.1 Å². The lowest BCUT2D eigenvalue weighted by molar-refractivity contribution is -0.136. The Bertz CT molecular complexity index is 303. The van der Waals surface area contributed by atoms with Gasteiger partial charge in [0.05, 0.1) is 6.42 Å². The molecule has 0 heterocycles. The molecule has 1 aromatic carbocycles. The molecule has 0 atom stereocenters. The zero-order valence-electron chi connectivity index (χ0n) is 8.07. The number of nitrogens with one attached hydrogen (secondary N) is 1. The highest BCUT2D eigenvalue weighted by Crippen LogP contribution is 2.01. The molecule has 0 aliphatic heterocycles. The Morgan fingerprint density at radius 3 is 2.47 bits per heavy atom. The van der Waals surface area contributed by atoms with Crippen LogP contribution in [0.2, 0.25) is 0 Å². The van der Waals surface area contributed by atoms with Gasteiger partial charge >= 0.3 is 5.97 Å². The quantitative estimate of drug-likeness (QED) is 0.763. The third kappa shape index (κ3) is 6.04. The molecule has 15 heavy (non-hydrogen) atoms. The summed E-state index contributed by atoms with van der Waals surface area (Å²) >= 11 is 0.